The standard InChI is InChI=1S/C19H26N6O/c1-2-24-12-14(10-21-24)13-25-15-3-4-18(25)16-11-20-19(22-17(16)9-15)23-5-7-26-8-6-23/h10-12,15,18H,2-9,13H2,1H3/t15-,18-/m0/s1. The first-order chi connectivity index (χ1) is 12.8. The van der Waals surface area contributed by atoms with Gasteiger partial charge in [-0.25, -0.2) is 9.97 Å². The van der Waals surface area contributed by atoms with Gasteiger partial charge in [0.1, 0.15) is 0 Å². The van der Waals surface area contributed by atoms with Crippen molar-refractivity contribution in [1.82, 2.24) is 24.6 Å². The smallest absolute Gasteiger partial charge is 0.225 e. The number of fused-ring (bicyclic) bond motifs is 4. The van der Waals surface area contributed by atoms with E-state index in [0.717, 1.165) is 51.8 Å². The van der Waals surface area contributed by atoms with Crippen LogP contribution >= 0.6 is 0 Å². The number of hydrogen-bond donors (Lipinski definition) is 0. The molecular weight excluding hydrogens is 328 g/mol. The molecule has 0 spiro atoms. The maximum atomic E-state index is 5.45. The van der Waals surface area contributed by atoms with Crippen molar-refractivity contribution >= 4 is 5.95 Å². The number of ether oxygens (including phenoxy) is 1. The Kier molecular flexibility index (Phi) is 4.13. The molecule has 0 N–H and O–H groups in total. The van der Waals surface area contributed by atoms with Crippen molar-refractivity contribution in [2.24, 2.45) is 0 Å². The maximum absolute atomic E-state index is 5.45. The second-order valence-electron chi connectivity index (χ2n) is 7.50. The van der Waals surface area contributed by atoms with E-state index in [4.69, 9.17) is 14.7 Å². The van der Waals surface area contributed by atoms with Gasteiger partial charge in [0.25, 0.3) is 0 Å². The molecule has 3 aliphatic rings. The summed E-state index contributed by atoms with van der Waals surface area (Å²) >= 11 is 0. The fraction of sp³-hybridized carbons (Fsp3) is 0.632. The molecule has 7 nitrogen and oxygen atoms in total. The van der Waals surface area contributed by atoms with Gasteiger partial charge in [-0.1, -0.05) is 0 Å². The van der Waals surface area contributed by atoms with E-state index in [1.807, 2.05) is 10.9 Å². The molecule has 5 heterocycles. The minimum absolute atomic E-state index is 0.451. The summed E-state index contributed by atoms with van der Waals surface area (Å²) < 4.78 is 7.45. The van der Waals surface area contributed by atoms with Crippen LogP contribution in [-0.2, 0) is 24.2 Å². The Hall–Kier alpha value is -1.99. The molecule has 26 heavy (non-hydrogen) atoms. The molecule has 0 amide bonds. The van der Waals surface area contributed by atoms with E-state index in [2.05, 4.69) is 34.2 Å². The van der Waals surface area contributed by atoms with Gasteiger partial charge in [-0.3, -0.25) is 9.58 Å². The lowest BCUT2D eigenvalue weighted by Gasteiger charge is -2.36. The van der Waals surface area contributed by atoms with Crippen molar-refractivity contribution in [1.29, 1.82) is 0 Å². The minimum Gasteiger partial charge on any atom is -0.378 e. The predicted octanol–water partition coefficient (Wildman–Crippen LogP) is 1.79. The van der Waals surface area contributed by atoms with Gasteiger partial charge in [-0.2, -0.15) is 5.10 Å². The third-order valence-electron chi connectivity index (χ3n) is 5.99. The molecule has 7 heteroatoms. The largest absolute Gasteiger partial charge is 0.378 e. The van der Waals surface area contributed by atoms with Crippen LogP contribution in [0.4, 0.5) is 5.95 Å². The summed E-state index contributed by atoms with van der Waals surface area (Å²) in [5, 5.41) is 4.43. The molecule has 2 bridgehead atoms. The summed E-state index contributed by atoms with van der Waals surface area (Å²) in [6, 6.07) is 1.04. The van der Waals surface area contributed by atoms with Gasteiger partial charge >= 0.3 is 0 Å². The van der Waals surface area contributed by atoms with Crippen molar-refractivity contribution in [3.63, 3.8) is 0 Å². The lowest BCUT2D eigenvalue weighted by atomic mass is 9.99. The summed E-state index contributed by atoms with van der Waals surface area (Å²) in [5.41, 5.74) is 3.89. The van der Waals surface area contributed by atoms with Gasteiger partial charge in [-0.15, -0.1) is 0 Å². The highest BCUT2D eigenvalue weighted by molar-refractivity contribution is 5.37. The van der Waals surface area contributed by atoms with Crippen LogP contribution in [0, 0.1) is 0 Å². The van der Waals surface area contributed by atoms with Crippen molar-refractivity contribution in [3.05, 3.63) is 35.4 Å². The fourth-order valence-corrected chi connectivity index (χ4v) is 4.60. The van der Waals surface area contributed by atoms with E-state index >= 15 is 0 Å². The highest BCUT2D eigenvalue weighted by atomic mass is 16.5. The van der Waals surface area contributed by atoms with Gasteiger partial charge in [0.05, 0.1) is 25.1 Å². The molecule has 2 aromatic heterocycles. The monoisotopic (exact) mass is 354 g/mol. The van der Waals surface area contributed by atoms with Crippen molar-refractivity contribution in [2.75, 3.05) is 31.2 Å². The van der Waals surface area contributed by atoms with Crippen LogP contribution in [-0.4, -0.2) is 57.0 Å². The van der Waals surface area contributed by atoms with Gasteiger partial charge in [0.15, 0.2) is 0 Å². The summed E-state index contributed by atoms with van der Waals surface area (Å²) in [5.74, 6) is 0.879. The van der Waals surface area contributed by atoms with Gasteiger partial charge in [-0.05, 0) is 19.8 Å². The number of rotatable bonds is 4. The topological polar surface area (TPSA) is 59.3 Å². The highest BCUT2D eigenvalue weighted by Gasteiger charge is 2.41. The predicted molar refractivity (Wildman–Crippen MR) is 98.0 cm³/mol. The van der Waals surface area contributed by atoms with Gasteiger partial charge < -0.3 is 9.64 Å². The Morgan fingerprint density at radius 3 is 2.88 bits per heavy atom. The fourth-order valence-electron chi connectivity index (χ4n) is 4.60. The molecule has 138 valence electrons. The molecule has 0 aliphatic carbocycles. The van der Waals surface area contributed by atoms with Crippen molar-refractivity contribution in [2.45, 2.75) is 51.4 Å². The normalized spacial score (nSPS) is 25.5. The summed E-state index contributed by atoms with van der Waals surface area (Å²) in [6.45, 7) is 7.34. The number of aryl methyl sites for hydroxylation is 1. The highest BCUT2D eigenvalue weighted by Crippen LogP contribution is 2.43. The Morgan fingerprint density at radius 1 is 1.19 bits per heavy atom. The lowest BCUT2D eigenvalue weighted by Crippen LogP contribution is -2.40. The second kappa shape index (κ2) is 6.63. The first-order valence-corrected chi connectivity index (χ1v) is 9.77. The summed E-state index contributed by atoms with van der Waals surface area (Å²) in [4.78, 5) is 14.5. The zero-order valence-corrected chi connectivity index (χ0v) is 15.3. The van der Waals surface area contributed by atoms with Crippen LogP contribution < -0.4 is 4.90 Å². The lowest BCUT2D eigenvalue weighted by molar-refractivity contribution is 0.122. The van der Waals surface area contributed by atoms with E-state index in [1.165, 1.54) is 29.7 Å². The van der Waals surface area contributed by atoms with E-state index in [0.29, 0.717) is 12.1 Å². The van der Waals surface area contributed by atoms with Crippen LogP contribution in [0.5, 0.6) is 0 Å². The molecule has 0 radical (unpaired) electrons. The summed E-state index contributed by atoms with van der Waals surface area (Å²) in [6.07, 6.45) is 9.76. The van der Waals surface area contributed by atoms with Gasteiger partial charge in [0, 0.05) is 68.2 Å². The van der Waals surface area contributed by atoms with Crippen LogP contribution in [0.25, 0.3) is 0 Å². The number of aromatic nitrogens is 4. The summed E-state index contributed by atoms with van der Waals surface area (Å²) in [7, 11) is 0. The van der Waals surface area contributed by atoms with Crippen molar-refractivity contribution in [3.8, 4) is 0 Å². The molecule has 2 saturated heterocycles. The van der Waals surface area contributed by atoms with Crippen LogP contribution in [0.15, 0.2) is 18.6 Å². The number of anilines is 1. The maximum Gasteiger partial charge on any atom is 0.225 e. The van der Waals surface area contributed by atoms with Crippen LogP contribution in [0.2, 0.25) is 0 Å². The second-order valence-corrected chi connectivity index (χ2v) is 7.50. The average molecular weight is 354 g/mol. The van der Waals surface area contributed by atoms with E-state index in [1.54, 1.807) is 0 Å². The van der Waals surface area contributed by atoms with E-state index < -0.39 is 0 Å². The zero-order valence-electron chi connectivity index (χ0n) is 15.3. The molecule has 0 aromatic carbocycles. The average Bonchev–Trinajstić information content (AvgIpc) is 3.25. The van der Waals surface area contributed by atoms with Crippen molar-refractivity contribution < 1.29 is 4.74 Å². The zero-order chi connectivity index (χ0) is 17.5. The van der Waals surface area contributed by atoms with Gasteiger partial charge in [0.2, 0.25) is 5.95 Å². The Labute approximate surface area is 154 Å². The number of hydrogen-bond acceptors (Lipinski definition) is 6. The molecule has 2 aromatic rings. The molecule has 0 unspecified atom stereocenters. The SMILES string of the molecule is CCn1cc(CN2[C@H]3CC[C@H]2c2cnc(N4CCOCC4)nc2C3)cn1. The van der Waals surface area contributed by atoms with E-state index in [9.17, 15) is 0 Å². The molecule has 0 saturated carbocycles. The molecule has 2 atom stereocenters. The van der Waals surface area contributed by atoms with Crippen LogP contribution in [0.3, 0.4) is 0 Å². The molecule has 5 rings (SSSR count). The first-order valence-electron chi connectivity index (χ1n) is 9.77. The van der Waals surface area contributed by atoms with Crippen LogP contribution in [0.1, 0.15) is 42.6 Å². The Bertz CT molecular complexity index is 784. The number of morpholine rings is 1. The third-order valence-corrected chi connectivity index (χ3v) is 5.99. The Balaban J connectivity index is 1.38. The molecule has 2 fully saturated rings. The number of nitrogens with zero attached hydrogens (tertiary/aromatic N) is 6. The first kappa shape index (κ1) is 16.2. The molecule has 3 aliphatic heterocycles. The van der Waals surface area contributed by atoms with E-state index in [-0.39, 0.29) is 0 Å². The Morgan fingerprint density at radius 2 is 2.08 bits per heavy atom. The third kappa shape index (κ3) is 2.79. The minimum atomic E-state index is 0.451. The molecular formula is C19H26N6O. The quantitative estimate of drug-likeness (QED) is 0.834.